The van der Waals surface area contributed by atoms with Crippen LogP contribution in [0.15, 0.2) is 41.8 Å². The van der Waals surface area contributed by atoms with Crippen LogP contribution in [0.3, 0.4) is 0 Å². The van der Waals surface area contributed by atoms with Gasteiger partial charge in [-0.2, -0.15) is 5.10 Å². The summed E-state index contributed by atoms with van der Waals surface area (Å²) in [6.07, 6.45) is 4.55. The highest BCUT2D eigenvalue weighted by atomic mass is 16.5. The third-order valence-electron chi connectivity index (χ3n) is 3.05. The molecule has 0 radical (unpaired) electrons. The van der Waals surface area contributed by atoms with E-state index in [0.29, 0.717) is 28.4 Å². The lowest BCUT2D eigenvalue weighted by atomic mass is 10.2. The molecule has 7 nitrogen and oxygen atoms in total. The lowest BCUT2D eigenvalue weighted by molar-refractivity contribution is 0.0955. The summed E-state index contributed by atoms with van der Waals surface area (Å²) in [4.78, 5) is 15.7. The molecule has 120 valence electrons. The topological polar surface area (TPSA) is 82.0 Å². The fourth-order valence-electron chi connectivity index (χ4n) is 1.95. The number of aromatic nitrogens is 1. The number of benzene rings is 1. The summed E-state index contributed by atoms with van der Waals surface area (Å²) in [6.45, 7) is 0. The summed E-state index contributed by atoms with van der Waals surface area (Å²) < 4.78 is 15.8. The van der Waals surface area contributed by atoms with Crippen molar-refractivity contribution in [3.63, 3.8) is 0 Å². The first kappa shape index (κ1) is 16.3. The van der Waals surface area contributed by atoms with E-state index in [9.17, 15) is 4.79 Å². The molecule has 0 saturated carbocycles. The maximum atomic E-state index is 11.9. The van der Waals surface area contributed by atoms with E-state index in [-0.39, 0.29) is 5.91 Å². The molecule has 0 saturated heterocycles. The molecule has 0 fully saturated rings. The van der Waals surface area contributed by atoms with Gasteiger partial charge in [0.1, 0.15) is 0 Å². The van der Waals surface area contributed by atoms with Gasteiger partial charge in [-0.3, -0.25) is 9.78 Å². The summed E-state index contributed by atoms with van der Waals surface area (Å²) in [6, 6.07) is 6.68. The highest BCUT2D eigenvalue weighted by Crippen LogP contribution is 2.38. The van der Waals surface area contributed by atoms with Gasteiger partial charge in [0.15, 0.2) is 11.5 Å². The Hall–Kier alpha value is -3.09. The second-order valence-corrected chi connectivity index (χ2v) is 4.36. The number of pyridine rings is 1. The molecule has 0 bridgehead atoms. The van der Waals surface area contributed by atoms with Crippen LogP contribution in [-0.2, 0) is 0 Å². The molecule has 1 aromatic carbocycles. The van der Waals surface area contributed by atoms with Gasteiger partial charge < -0.3 is 14.2 Å². The van der Waals surface area contributed by atoms with Gasteiger partial charge in [0.25, 0.3) is 5.91 Å². The van der Waals surface area contributed by atoms with Gasteiger partial charge in [-0.25, -0.2) is 5.43 Å². The van der Waals surface area contributed by atoms with Crippen molar-refractivity contribution in [2.45, 2.75) is 0 Å². The number of nitrogens with one attached hydrogen (secondary N) is 1. The van der Waals surface area contributed by atoms with Crippen molar-refractivity contribution in [3.05, 3.63) is 47.8 Å². The zero-order valence-corrected chi connectivity index (χ0v) is 13.1. The zero-order chi connectivity index (χ0) is 16.7. The van der Waals surface area contributed by atoms with Crippen molar-refractivity contribution in [1.82, 2.24) is 10.4 Å². The molecule has 0 aliphatic heterocycles. The number of hydrogen-bond donors (Lipinski definition) is 1. The van der Waals surface area contributed by atoms with Gasteiger partial charge in [0.2, 0.25) is 5.75 Å². The van der Waals surface area contributed by atoms with E-state index in [1.54, 1.807) is 31.4 Å². The summed E-state index contributed by atoms with van der Waals surface area (Å²) in [5.74, 6) is 1.14. The molecule has 1 N–H and O–H groups in total. The smallest absolute Gasteiger partial charge is 0.271 e. The minimum absolute atomic E-state index is 0.330. The Kier molecular flexibility index (Phi) is 5.51. The predicted molar refractivity (Wildman–Crippen MR) is 85.4 cm³/mol. The molecule has 1 amide bonds. The third kappa shape index (κ3) is 3.76. The van der Waals surface area contributed by atoms with E-state index < -0.39 is 0 Å². The standard InChI is InChI=1S/C16H17N3O4/c1-21-13-5-4-12(14(22-2)15(13)23-3)10-18-19-16(20)11-6-8-17-9-7-11/h4-10H,1-3H3,(H,19,20)/b18-10+. The van der Waals surface area contributed by atoms with Crippen LogP contribution < -0.4 is 19.6 Å². The summed E-state index contributed by atoms with van der Waals surface area (Å²) >= 11 is 0. The predicted octanol–water partition coefficient (Wildman–Crippen LogP) is 1.87. The van der Waals surface area contributed by atoms with Crippen molar-refractivity contribution >= 4 is 12.1 Å². The van der Waals surface area contributed by atoms with Gasteiger partial charge in [-0.05, 0) is 24.3 Å². The number of rotatable bonds is 6. The minimum Gasteiger partial charge on any atom is -0.493 e. The normalized spacial score (nSPS) is 10.4. The van der Waals surface area contributed by atoms with E-state index in [4.69, 9.17) is 14.2 Å². The van der Waals surface area contributed by atoms with Crippen molar-refractivity contribution in [1.29, 1.82) is 0 Å². The molecule has 0 spiro atoms. The Morgan fingerprint density at radius 3 is 2.35 bits per heavy atom. The number of nitrogens with zero attached hydrogens (tertiary/aromatic N) is 2. The van der Waals surface area contributed by atoms with E-state index in [0.717, 1.165) is 0 Å². The summed E-state index contributed by atoms with van der Waals surface area (Å²) in [5, 5.41) is 3.94. The molecule has 0 unspecified atom stereocenters. The molecule has 2 aromatic rings. The maximum Gasteiger partial charge on any atom is 0.271 e. The van der Waals surface area contributed by atoms with Crippen LogP contribution in [0, 0.1) is 0 Å². The fraction of sp³-hybridized carbons (Fsp3) is 0.188. The molecule has 1 aromatic heterocycles. The second kappa shape index (κ2) is 7.79. The molecule has 0 aliphatic rings. The fourth-order valence-corrected chi connectivity index (χ4v) is 1.95. The van der Waals surface area contributed by atoms with Crippen LogP contribution in [0.5, 0.6) is 17.2 Å². The molecule has 0 atom stereocenters. The quantitative estimate of drug-likeness (QED) is 0.650. The van der Waals surface area contributed by atoms with E-state index in [1.165, 1.54) is 32.8 Å². The van der Waals surface area contributed by atoms with Crippen molar-refractivity contribution in [2.75, 3.05) is 21.3 Å². The minimum atomic E-state index is -0.330. The summed E-state index contributed by atoms with van der Waals surface area (Å²) in [7, 11) is 4.58. The number of hydrogen-bond acceptors (Lipinski definition) is 6. The molecular formula is C16H17N3O4. The largest absolute Gasteiger partial charge is 0.493 e. The molecule has 7 heteroatoms. The Morgan fingerprint density at radius 1 is 1.04 bits per heavy atom. The highest BCUT2D eigenvalue weighted by Gasteiger charge is 2.14. The number of hydrazone groups is 1. The molecular weight excluding hydrogens is 298 g/mol. The van der Waals surface area contributed by atoms with Gasteiger partial charge in [0, 0.05) is 23.5 Å². The molecule has 0 aliphatic carbocycles. The first-order valence-corrected chi connectivity index (χ1v) is 6.73. The van der Waals surface area contributed by atoms with E-state index in [1.807, 2.05) is 0 Å². The Bertz CT molecular complexity index is 702. The van der Waals surface area contributed by atoms with Crippen LogP contribution in [0.1, 0.15) is 15.9 Å². The number of amides is 1. The molecule has 2 rings (SSSR count). The van der Waals surface area contributed by atoms with Crippen LogP contribution in [-0.4, -0.2) is 38.4 Å². The van der Waals surface area contributed by atoms with Gasteiger partial charge in [-0.15, -0.1) is 0 Å². The summed E-state index contributed by atoms with van der Waals surface area (Å²) in [5.41, 5.74) is 3.55. The van der Waals surface area contributed by atoms with Crippen LogP contribution in [0.25, 0.3) is 0 Å². The maximum absolute atomic E-state index is 11.9. The zero-order valence-electron chi connectivity index (χ0n) is 13.1. The van der Waals surface area contributed by atoms with Crippen molar-refractivity contribution < 1.29 is 19.0 Å². The van der Waals surface area contributed by atoms with Crippen LogP contribution in [0.2, 0.25) is 0 Å². The lowest BCUT2D eigenvalue weighted by Gasteiger charge is -2.13. The van der Waals surface area contributed by atoms with E-state index >= 15 is 0 Å². The number of methoxy groups -OCH3 is 3. The SMILES string of the molecule is COc1ccc(/C=N/NC(=O)c2ccncc2)c(OC)c1OC. The monoisotopic (exact) mass is 315 g/mol. The number of carbonyl (C=O) groups is 1. The van der Waals surface area contributed by atoms with Crippen LogP contribution >= 0.6 is 0 Å². The average molecular weight is 315 g/mol. The number of ether oxygens (including phenoxy) is 3. The lowest BCUT2D eigenvalue weighted by Crippen LogP contribution is -2.17. The average Bonchev–Trinajstić information content (AvgIpc) is 2.61. The Balaban J connectivity index is 2.18. The molecule has 1 heterocycles. The Labute approximate surface area is 133 Å². The van der Waals surface area contributed by atoms with Crippen molar-refractivity contribution in [2.24, 2.45) is 5.10 Å². The van der Waals surface area contributed by atoms with Crippen molar-refractivity contribution in [3.8, 4) is 17.2 Å². The van der Waals surface area contributed by atoms with Crippen LogP contribution in [0.4, 0.5) is 0 Å². The first-order chi connectivity index (χ1) is 11.2. The Morgan fingerprint density at radius 2 is 1.74 bits per heavy atom. The van der Waals surface area contributed by atoms with Gasteiger partial charge >= 0.3 is 0 Å². The van der Waals surface area contributed by atoms with Gasteiger partial charge in [0.05, 0.1) is 27.5 Å². The molecule has 23 heavy (non-hydrogen) atoms. The first-order valence-electron chi connectivity index (χ1n) is 6.73. The highest BCUT2D eigenvalue weighted by molar-refractivity contribution is 5.95. The number of carbonyl (C=O) groups excluding carboxylic acids is 1. The second-order valence-electron chi connectivity index (χ2n) is 4.36. The van der Waals surface area contributed by atoms with Gasteiger partial charge in [-0.1, -0.05) is 0 Å². The van der Waals surface area contributed by atoms with E-state index in [2.05, 4.69) is 15.5 Å². The third-order valence-corrected chi connectivity index (χ3v) is 3.05.